The molecule has 128 valence electrons. The van der Waals surface area contributed by atoms with Crippen LogP contribution in [0.3, 0.4) is 0 Å². The van der Waals surface area contributed by atoms with Gasteiger partial charge < -0.3 is 14.8 Å². The zero-order chi connectivity index (χ0) is 16.5. The molecule has 0 spiro atoms. The highest BCUT2D eigenvalue weighted by atomic mass is 16.1. The number of benzene rings is 1. The Morgan fingerprint density at radius 1 is 1.29 bits per heavy atom. The second-order valence-corrected chi connectivity index (χ2v) is 7.29. The molecule has 1 amide bonds. The number of fused-ring (bicyclic) bond motifs is 3. The van der Waals surface area contributed by atoms with Crippen molar-refractivity contribution in [1.82, 2.24) is 19.8 Å². The molecule has 1 aromatic heterocycles. The van der Waals surface area contributed by atoms with Gasteiger partial charge in [0.25, 0.3) is 5.91 Å². The average molecular weight is 326 g/mol. The van der Waals surface area contributed by atoms with E-state index in [2.05, 4.69) is 27.8 Å². The SMILES string of the molecule is CC1CCn2c(nc3cc(C(=O)NCCN4CCCC4)ccc32)C1. The molecule has 0 radical (unpaired) electrons. The minimum atomic E-state index is 0.00966. The molecule has 0 bridgehead atoms. The van der Waals surface area contributed by atoms with Gasteiger partial charge in [0, 0.05) is 31.6 Å². The largest absolute Gasteiger partial charge is 0.351 e. The van der Waals surface area contributed by atoms with Gasteiger partial charge >= 0.3 is 0 Å². The smallest absolute Gasteiger partial charge is 0.251 e. The van der Waals surface area contributed by atoms with Crippen molar-refractivity contribution >= 4 is 16.9 Å². The fraction of sp³-hybridized carbons (Fsp3) is 0.579. The van der Waals surface area contributed by atoms with Crippen LogP contribution < -0.4 is 5.32 Å². The van der Waals surface area contributed by atoms with E-state index in [9.17, 15) is 4.79 Å². The zero-order valence-electron chi connectivity index (χ0n) is 14.4. The summed E-state index contributed by atoms with van der Waals surface area (Å²) in [5, 5.41) is 3.04. The molecular formula is C19H26N4O. The maximum atomic E-state index is 12.4. The molecule has 2 aromatic rings. The van der Waals surface area contributed by atoms with Gasteiger partial charge in [0.1, 0.15) is 5.82 Å². The number of rotatable bonds is 4. The van der Waals surface area contributed by atoms with E-state index in [-0.39, 0.29) is 5.91 Å². The molecule has 1 N–H and O–H groups in total. The summed E-state index contributed by atoms with van der Waals surface area (Å²) >= 11 is 0. The van der Waals surface area contributed by atoms with E-state index in [4.69, 9.17) is 4.98 Å². The monoisotopic (exact) mass is 326 g/mol. The number of aromatic nitrogens is 2. The molecule has 0 aliphatic carbocycles. The van der Waals surface area contributed by atoms with Crippen molar-refractivity contribution in [3.63, 3.8) is 0 Å². The number of likely N-dealkylation sites (tertiary alicyclic amines) is 1. The lowest BCUT2D eigenvalue weighted by atomic mass is 10.0. The van der Waals surface area contributed by atoms with Crippen molar-refractivity contribution in [2.75, 3.05) is 26.2 Å². The number of carbonyl (C=O) groups excluding carboxylic acids is 1. The molecule has 0 saturated carbocycles. The molecule has 1 fully saturated rings. The molecular weight excluding hydrogens is 300 g/mol. The zero-order valence-corrected chi connectivity index (χ0v) is 14.4. The highest BCUT2D eigenvalue weighted by Gasteiger charge is 2.20. The van der Waals surface area contributed by atoms with Gasteiger partial charge in [-0.05, 0) is 56.5 Å². The van der Waals surface area contributed by atoms with Crippen LogP contribution in [0.25, 0.3) is 11.0 Å². The van der Waals surface area contributed by atoms with Gasteiger partial charge in [-0.15, -0.1) is 0 Å². The van der Waals surface area contributed by atoms with Crippen molar-refractivity contribution in [2.24, 2.45) is 5.92 Å². The van der Waals surface area contributed by atoms with Gasteiger partial charge in [0.05, 0.1) is 11.0 Å². The summed E-state index contributed by atoms with van der Waals surface area (Å²) in [6.45, 7) is 7.32. The molecule has 1 unspecified atom stereocenters. The molecule has 1 aromatic carbocycles. The van der Waals surface area contributed by atoms with Crippen LogP contribution in [0, 0.1) is 5.92 Å². The Morgan fingerprint density at radius 3 is 2.96 bits per heavy atom. The quantitative estimate of drug-likeness (QED) is 0.939. The molecule has 1 saturated heterocycles. The Bertz CT molecular complexity index is 745. The highest BCUT2D eigenvalue weighted by Crippen LogP contribution is 2.25. The lowest BCUT2D eigenvalue weighted by molar-refractivity contribution is 0.0950. The summed E-state index contributed by atoms with van der Waals surface area (Å²) in [6, 6.07) is 5.92. The van der Waals surface area contributed by atoms with E-state index in [0.29, 0.717) is 18.0 Å². The Hall–Kier alpha value is -1.88. The second kappa shape index (κ2) is 6.55. The number of nitrogens with zero attached hydrogens (tertiary/aromatic N) is 3. The molecule has 2 aliphatic rings. The maximum absolute atomic E-state index is 12.4. The van der Waals surface area contributed by atoms with Crippen LogP contribution >= 0.6 is 0 Å². The number of imidazole rings is 1. The molecule has 5 heteroatoms. The predicted octanol–water partition coefficient (Wildman–Crippen LogP) is 2.44. The van der Waals surface area contributed by atoms with Gasteiger partial charge in [-0.25, -0.2) is 4.98 Å². The number of carbonyl (C=O) groups is 1. The van der Waals surface area contributed by atoms with E-state index in [0.717, 1.165) is 36.4 Å². The third kappa shape index (κ3) is 3.05. The molecule has 3 heterocycles. The molecule has 2 aliphatic heterocycles. The lowest BCUT2D eigenvalue weighted by Crippen LogP contribution is -2.33. The van der Waals surface area contributed by atoms with Gasteiger partial charge in [0.2, 0.25) is 0 Å². The summed E-state index contributed by atoms with van der Waals surface area (Å²) < 4.78 is 2.31. The van der Waals surface area contributed by atoms with Crippen molar-refractivity contribution in [3.8, 4) is 0 Å². The number of hydrogen-bond acceptors (Lipinski definition) is 3. The molecule has 4 rings (SSSR count). The first-order valence-electron chi connectivity index (χ1n) is 9.20. The van der Waals surface area contributed by atoms with Crippen molar-refractivity contribution < 1.29 is 4.79 Å². The minimum Gasteiger partial charge on any atom is -0.351 e. The van der Waals surface area contributed by atoms with Gasteiger partial charge in [-0.2, -0.15) is 0 Å². The van der Waals surface area contributed by atoms with E-state index < -0.39 is 0 Å². The van der Waals surface area contributed by atoms with Crippen LogP contribution in [0.15, 0.2) is 18.2 Å². The highest BCUT2D eigenvalue weighted by molar-refractivity contribution is 5.97. The normalized spacial score (nSPS) is 21.1. The lowest BCUT2D eigenvalue weighted by Gasteiger charge is -2.20. The van der Waals surface area contributed by atoms with E-state index in [1.54, 1.807) is 0 Å². The summed E-state index contributed by atoms with van der Waals surface area (Å²) in [5.74, 6) is 1.87. The van der Waals surface area contributed by atoms with Crippen LogP contribution in [-0.2, 0) is 13.0 Å². The summed E-state index contributed by atoms with van der Waals surface area (Å²) in [7, 11) is 0. The Balaban J connectivity index is 1.45. The van der Waals surface area contributed by atoms with Gasteiger partial charge in [-0.3, -0.25) is 4.79 Å². The molecule has 1 atom stereocenters. The minimum absolute atomic E-state index is 0.00966. The van der Waals surface area contributed by atoms with Gasteiger partial charge in [0.15, 0.2) is 0 Å². The topological polar surface area (TPSA) is 50.2 Å². The first-order chi connectivity index (χ1) is 11.7. The van der Waals surface area contributed by atoms with Crippen molar-refractivity contribution in [3.05, 3.63) is 29.6 Å². The predicted molar refractivity (Wildman–Crippen MR) is 95.2 cm³/mol. The Kier molecular flexibility index (Phi) is 4.27. The number of amides is 1. The van der Waals surface area contributed by atoms with Crippen LogP contribution in [0.2, 0.25) is 0 Å². The summed E-state index contributed by atoms with van der Waals surface area (Å²) in [5.41, 5.74) is 2.82. The summed E-state index contributed by atoms with van der Waals surface area (Å²) in [4.78, 5) is 19.6. The maximum Gasteiger partial charge on any atom is 0.251 e. The van der Waals surface area contributed by atoms with E-state index in [1.165, 1.54) is 32.4 Å². The molecule has 24 heavy (non-hydrogen) atoms. The first-order valence-corrected chi connectivity index (χ1v) is 9.20. The number of nitrogens with one attached hydrogen (secondary N) is 1. The van der Waals surface area contributed by atoms with Crippen LogP contribution in [0.1, 0.15) is 42.4 Å². The summed E-state index contributed by atoms with van der Waals surface area (Å²) in [6.07, 6.45) is 4.81. The van der Waals surface area contributed by atoms with Crippen LogP contribution in [-0.4, -0.2) is 46.5 Å². The van der Waals surface area contributed by atoms with E-state index >= 15 is 0 Å². The third-order valence-corrected chi connectivity index (χ3v) is 5.38. The first kappa shape index (κ1) is 15.6. The fourth-order valence-electron chi connectivity index (χ4n) is 3.93. The number of hydrogen-bond donors (Lipinski definition) is 1. The van der Waals surface area contributed by atoms with Crippen molar-refractivity contribution in [1.29, 1.82) is 0 Å². The second-order valence-electron chi connectivity index (χ2n) is 7.29. The van der Waals surface area contributed by atoms with E-state index in [1.807, 2.05) is 12.1 Å². The standard InChI is InChI=1S/C19H26N4O/c1-14-6-10-23-17-5-4-15(13-16(17)21-18(23)12-14)19(24)20-7-11-22-8-2-3-9-22/h4-5,13-14H,2-3,6-12H2,1H3,(H,20,24). The molecule has 5 nitrogen and oxygen atoms in total. The Morgan fingerprint density at radius 2 is 2.12 bits per heavy atom. The average Bonchev–Trinajstić information content (AvgIpc) is 3.20. The van der Waals surface area contributed by atoms with Gasteiger partial charge in [-0.1, -0.05) is 6.92 Å². The van der Waals surface area contributed by atoms with Crippen LogP contribution in [0.5, 0.6) is 0 Å². The van der Waals surface area contributed by atoms with Crippen molar-refractivity contribution in [2.45, 2.75) is 39.2 Å². The third-order valence-electron chi connectivity index (χ3n) is 5.38. The fourth-order valence-corrected chi connectivity index (χ4v) is 3.93. The number of aryl methyl sites for hydroxylation is 1. The Labute approximate surface area is 143 Å². The van der Waals surface area contributed by atoms with Crippen LogP contribution in [0.4, 0.5) is 0 Å².